The average Bonchev–Trinajstić information content (AvgIpc) is 2.98. The van der Waals surface area contributed by atoms with E-state index in [2.05, 4.69) is 10.2 Å². The zero-order valence-corrected chi connectivity index (χ0v) is 10.9. The summed E-state index contributed by atoms with van der Waals surface area (Å²) in [5, 5.41) is 2.81. The predicted octanol–water partition coefficient (Wildman–Crippen LogP) is 1.24. The van der Waals surface area contributed by atoms with Crippen LogP contribution in [-0.2, 0) is 11.2 Å². The number of hydrogen-bond donors (Lipinski definition) is 2. The summed E-state index contributed by atoms with van der Waals surface area (Å²) in [6.07, 6.45) is 2.98. The third kappa shape index (κ3) is 2.66. The molecule has 2 aliphatic rings. The van der Waals surface area contributed by atoms with Crippen molar-refractivity contribution in [3.63, 3.8) is 0 Å². The normalized spacial score (nSPS) is 18.4. The second kappa shape index (κ2) is 5.09. The van der Waals surface area contributed by atoms with Crippen LogP contribution in [0.1, 0.15) is 18.4 Å². The van der Waals surface area contributed by atoms with Crippen molar-refractivity contribution >= 4 is 17.3 Å². The van der Waals surface area contributed by atoms with Gasteiger partial charge >= 0.3 is 0 Å². The number of anilines is 2. The summed E-state index contributed by atoms with van der Waals surface area (Å²) < 4.78 is 5.74. The first kappa shape index (κ1) is 12.3. The first-order valence-electron chi connectivity index (χ1n) is 6.80. The molecule has 0 unspecified atom stereocenters. The minimum absolute atomic E-state index is 0.0172. The summed E-state index contributed by atoms with van der Waals surface area (Å²) in [5.74, 6) is 0.684. The molecule has 3 rings (SSSR count). The number of carbonyl (C=O) groups is 1. The van der Waals surface area contributed by atoms with Gasteiger partial charge in [0.05, 0.1) is 12.1 Å². The number of nitrogens with one attached hydrogen (secondary N) is 1. The van der Waals surface area contributed by atoms with Crippen LogP contribution in [0.4, 0.5) is 11.4 Å². The van der Waals surface area contributed by atoms with Crippen LogP contribution in [0, 0.1) is 0 Å². The lowest BCUT2D eigenvalue weighted by atomic mass is 10.1. The maximum Gasteiger partial charge on any atom is 0.228 e. The van der Waals surface area contributed by atoms with Gasteiger partial charge in [0.15, 0.2) is 0 Å². The van der Waals surface area contributed by atoms with Crippen molar-refractivity contribution in [2.45, 2.75) is 19.3 Å². The molecular weight excluding hydrogens is 242 g/mol. The minimum Gasteiger partial charge on any atom is -0.490 e. The number of hydrogen-bond acceptors (Lipinski definition) is 4. The zero-order valence-electron chi connectivity index (χ0n) is 10.9. The van der Waals surface area contributed by atoms with Crippen molar-refractivity contribution in [1.82, 2.24) is 4.90 Å². The lowest BCUT2D eigenvalue weighted by molar-refractivity contribution is -0.115. The number of carbonyl (C=O) groups excluding carboxylic acids is 1. The van der Waals surface area contributed by atoms with E-state index in [0.717, 1.165) is 17.8 Å². The van der Waals surface area contributed by atoms with E-state index in [9.17, 15) is 4.79 Å². The molecule has 5 nitrogen and oxygen atoms in total. The summed E-state index contributed by atoms with van der Waals surface area (Å²) in [4.78, 5) is 13.7. The topological polar surface area (TPSA) is 67.6 Å². The number of nitrogens with two attached hydrogens (primary N) is 1. The monoisotopic (exact) mass is 261 g/mol. The van der Waals surface area contributed by atoms with Gasteiger partial charge in [0.25, 0.3) is 0 Å². The van der Waals surface area contributed by atoms with E-state index < -0.39 is 0 Å². The molecule has 1 amide bonds. The van der Waals surface area contributed by atoms with Gasteiger partial charge in [-0.05, 0) is 37.6 Å². The highest BCUT2D eigenvalue weighted by Crippen LogP contribution is 2.32. The molecule has 0 spiro atoms. The number of rotatable bonds is 4. The summed E-state index contributed by atoms with van der Waals surface area (Å²) >= 11 is 0. The molecule has 1 fully saturated rings. The molecule has 1 aromatic rings. The first-order chi connectivity index (χ1) is 9.22. The quantitative estimate of drug-likeness (QED) is 0.800. The van der Waals surface area contributed by atoms with Crippen LogP contribution in [0.15, 0.2) is 12.1 Å². The molecule has 0 aliphatic carbocycles. The Labute approximate surface area is 112 Å². The summed E-state index contributed by atoms with van der Waals surface area (Å²) in [5.41, 5.74) is 8.35. The molecule has 102 valence electrons. The Kier molecular flexibility index (Phi) is 3.29. The maximum atomic E-state index is 11.3. The minimum atomic E-state index is 0.0172. The third-order valence-electron chi connectivity index (χ3n) is 3.72. The molecule has 0 atom stereocenters. The van der Waals surface area contributed by atoms with E-state index in [4.69, 9.17) is 10.5 Å². The Bertz CT molecular complexity index is 496. The highest BCUT2D eigenvalue weighted by atomic mass is 16.5. The van der Waals surface area contributed by atoms with Crippen molar-refractivity contribution < 1.29 is 9.53 Å². The maximum absolute atomic E-state index is 11.3. The van der Waals surface area contributed by atoms with Gasteiger partial charge < -0.3 is 15.8 Å². The largest absolute Gasteiger partial charge is 0.490 e. The van der Waals surface area contributed by atoms with Crippen molar-refractivity contribution in [3.05, 3.63) is 17.7 Å². The van der Waals surface area contributed by atoms with Crippen molar-refractivity contribution in [2.75, 3.05) is 37.3 Å². The molecule has 1 saturated heterocycles. The van der Waals surface area contributed by atoms with Crippen LogP contribution >= 0.6 is 0 Å². The number of benzene rings is 1. The molecule has 0 saturated carbocycles. The Morgan fingerprint density at radius 2 is 2.11 bits per heavy atom. The van der Waals surface area contributed by atoms with Crippen LogP contribution < -0.4 is 15.8 Å². The summed E-state index contributed by atoms with van der Waals surface area (Å²) in [6, 6.07) is 3.66. The highest BCUT2D eigenvalue weighted by molar-refractivity contribution is 6.00. The Balaban J connectivity index is 1.61. The van der Waals surface area contributed by atoms with Crippen LogP contribution in [-0.4, -0.2) is 37.0 Å². The highest BCUT2D eigenvalue weighted by Gasteiger charge is 2.20. The van der Waals surface area contributed by atoms with E-state index in [-0.39, 0.29) is 5.91 Å². The molecule has 0 aromatic heterocycles. The van der Waals surface area contributed by atoms with Crippen molar-refractivity contribution in [1.29, 1.82) is 0 Å². The Hall–Kier alpha value is -1.75. The fourth-order valence-corrected chi connectivity index (χ4v) is 2.69. The van der Waals surface area contributed by atoms with Gasteiger partial charge in [-0.2, -0.15) is 0 Å². The van der Waals surface area contributed by atoms with E-state index in [1.54, 1.807) is 0 Å². The van der Waals surface area contributed by atoms with Gasteiger partial charge in [0, 0.05) is 18.3 Å². The molecule has 3 N–H and O–H groups in total. The molecule has 0 radical (unpaired) electrons. The van der Waals surface area contributed by atoms with Crippen LogP contribution in [0.2, 0.25) is 0 Å². The van der Waals surface area contributed by atoms with Gasteiger partial charge in [-0.1, -0.05) is 0 Å². The van der Waals surface area contributed by atoms with Gasteiger partial charge in [-0.15, -0.1) is 0 Å². The van der Waals surface area contributed by atoms with E-state index in [1.807, 2.05) is 12.1 Å². The smallest absolute Gasteiger partial charge is 0.228 e. The van der Waals surface area contributed by atoms with Gasteiger partial charge in [-0.3, -0.25) is 9.69 Å². The molecular formula is C14H19N3O2. The van der Waals surface area contributed by atoms with E-state index in [0.29, 0.717) is 24.5 Å². The number of nitrogen functional groups attached to an aromatic ring is 1. The van der Waals surface area contributed by atoms with Crippen LogP contribution in [0.3, 0.4) is 0 Å². The average molecular weight is 261 g/mol. The van der Waals surface area contributed by atoms with Gasteiger partial charge in [0.1, 0.15) is 12.4 Å². The number of ether oxygens (including phenoxy) is 1. The number of nitrogens with zero attached hydrogens (tertiary/aromatic N) is 1. The van der Waals surface area contributed by atoms with Crippen LogP contribution in [0.5, 0.6) is 5.75 Å². The number of likely N-dealkylation sites (tertiary alicyclic amines) is 1. The summed E-state index contributed by atoms with van der Waals surface area (Å²) in [6.45, 7) is 3.90. The standard InChI is InChI=1S/C14H19N3O2/c15-11-7-10-8-14(18)16-12(10)9-13(11)19-6-5-17-3-1-2-4-17/h7,9H,1-6,8,15H2,(H,16,18). The molecule has 19 heavy (non-hydrogen) atoms. The molecule has 2 heterocycles. The third-order valence-corrected chi connectivity index (χ3v) is 3.72. The fourth-order valence-electron chi connectivity index (χ4n) is 2.69. The number of fused-ring (bicyclic) bond motifs is 1. The Morgan fingerprint density at radius 1 is 1.32 bits per heavy atom. The second-order valence-electron chi connectivity index (χ2n) is 5.17. The van der Waals surface area contributed by atoms with Crippen molar-refractivity contribution in [2.24, 2.45) is 0 Å². The Morgan fingerprint density at radius 3 is 2.89 bits per heavy atom. The predicted molar refractivity (Wildman–Crippen MR) is 74.4 cm³/mol. The van der Waals surface area contributed by atoms with E-state index >= 15 is 0 Å². The van der Waals surface area contributed by atoms with Gasteiger partial charge in [0.2, 0.25) is 5.91 Å². The first-order valence-corrected chi connectivity index (χ1v) is 6.80. The molecule has 0 bridgehead atoms. The lowest BCUT2D eigenvalue weighted by Gasteiger charge is -2.16. The molecule has 1 aromatic carbocycles. The fraction of sp³-hybridized carbons (Fsp3) is 0.500. The molecule has 2 aliphatic heterocycles. The molecule has 5 heteroatoms. The lowest BCUT2D eigenvalue weighted by Crippen LogP contribution is -2.25. The zero-order chi connectivity index (χ0) is 13.2. The van der Waals surface area contributed by atoms with Gasteiger partial charge in [-0.25, -0.2) is 0 Å². The van der Waals surface area contributed by atoms with E-state index in [1.165, 1.54) is 25.9 Å². The SMILES string of the molecule is Nc1cc2c(cc1OCCN1CCCC1)NC(=O)C2. The second-order valence-corrected chi connectivity index (χ2v) is 5.17. The van der Waals surface area contributed by atoms with Crippen molar-refractivity contribution in [3.8, 4) is 5.75 Å². The summed E-state index contributed by atoms with van der Waals surface area (Å²) in [7, 11) is 0. The number of amides is 1. The van der Waals surface area contributed by atoms with Crippen LogP contribution in [0.25, 0.3) is 0 Å².